The standard InChI is InChI=1S/C17H20N2O2/c1-4-11(2)19-16(15-10-9-12(3)21-15)18-14-8-6-5-7-13(14)17(19)20/h5-11,16,18H,4H2,1-3H3/t11-,16+/m1/s1. The van der Waals surface area contributed by atoms with Crippen molar-refractivity contribution in [3.8, 4) is 0 Å². The van der Waals surface area contributed by atoms with Crippen LogP contribution in [0.1, 0.15) is 48.3 Å². The molecule has 2 atom stereocenters. The third kappa shape index (κ3) is 2.31. The molecule has 4 heteroatoms. The van der Waals surface area contributed by atoms with Crippen molar-refractivity contribution in [2.24, 2.45) is 0 Å². The van der Waals surface area contributed by atoms with Gasteiger partial charge in [-0.25, -0.2) is 0 Å². The molecule has 0 aliphatic carbocycles. The van der Waals surface area contributed by atoms with E-state index in [1.807, 2.05) is 48.2 Å². The van der Waals surface area contributed by atoms with E-state index < -0.39 is 0 Å². The predicted molar refractivity (Wildman–Crippen MR) is 82.2 cm³/mol. The Morgan fingerprint density at radius 2 is 2.05 bits per heavy atom. The monoisotopic (exact) mass is 284 g/mol. The van der Waals surface area contributed by atoms with Crippen molar-refractivity contribution < 1.29 is 9.21 Å². The van der Waals surface area contributed by atoms with Gasteiger partial charge < -0.3 is 14.6 Å². The van der Waals surface area contributed by atoms with Crippen LogP contribution in [0, 0.1) is 6.92 Å². The number of carbonyl (C=O) groups excluding carboxylic acids is 1. The average molecular weight is 284 g/mol. The number of anilines is 1. The molecule has 2 aromatic rings. The molecule has 3 rings (SSSR count). The van der Waals surface area contributed by atoms with Crippen LogP contribution in [0.5, 0.6) is 0 Å². The first-order valence-electron chi connectivity index (χ1n) is 7.36. The summed E-state index contributed by atoms with van der Waals surface area (Å²) < 4.78 is 5.75. The first kappa shape index (κ1) is 13.7. The van der Waals surface area contributed by atoms with E-state index in [1.165, 1.54) is 0 Å². The molecule has 1 N–H and O–H groups in total. The molecule has 1 amide bonds. The van der Waals surface area contributed by atoms with Crippen LogP contribution < -0.4 is 5.32 Å². The quantitative estimate of drug-likeness (QED) is 0.928. The largest absolute Gasteiger partial charge is 0.462 e. The van der Waals surface area contributed by atoms with E-state index in [2.05, 4.69) is 19.2 Å². The fourth-order valence-corrected chi connectivity index (χ4v) is 2.73. The van der Waals surface area contributed by atoms with E-state index in [0.29, 0.717) is 0 Å². The Morgan fingerprint density at radius 1 is 1.29 bits per heavy atom. The second kappa shape index (κ2) is 5.28. The molecule has 1 aromatic heterocycles. The van der Waals surface area contributed by atoms with Gasteiger partial charge in [-0.15, -0.1) is 0 Å². The zero-order valence-electron chi connectivity index (χ0n) is 12.6. The van der Waals surface area contributed by atoms with Gasteiger partial charge in [-0.2, -0.15) is 0 Å². The number of furan rings is 1. The number of benzene rings is 1. The van der Waals surface area contributed by atoms with E-state index in [4.69, 9.17) is 4.42 Å². The summed E-state index contributed by atoms with van der Waals surface area (Å²) in [6.45, 7) is 6.06. The second-order valence-corrected chi connectivity index (χ2v) is 5.51. The lowest BCUT2D eigenvalue weighted by Crippen LogP contribution is -2.47. The zero-order valence-corrected chi connectivity index (χ0v) is 12.6. The minimum absolute atomic E-state index is 0.0535. The maximum atomic E-state index is 12.9. The Bertz CT molecular complexity index is 662. The van der Waals surface area contributed by atoms with Gasteiger partial charge >= 0.3 is 0 Å². The van der Waals surface area contributed by atoms with Crippen molar-refractivity contribution in [2.75, 3.05) is 5.32 Å². The number of carbonyl (C=O) groups is 1. The molecular weight excluding hydrogens is 264 g/mol. The van der Waals surface area contributed by atoms with Gasteiger partial charge in [0, 0.05) is 11.7 Å². The third-order valence-corrected chi connectivity index (χ3v) is 4.06. The molecule has 0 radical (unpaired) electrons. The molecule has 0 fully saturated rings. The van der Waals surface area contributed by atoms with Gasteiger partial charge in [-0.3, -0.25) is 4.79 Å². The summed E-state index contributed by atoms with van der Waals surface area (Å²) in [7, 11) is 0. The lowest BCUT2D eigenvalue weighted by atomic mass is 10.0. The molecule has 110 valence electrons. The van der Waals surface area contributed by atoms with Crippen LogP contribution in [0.2, 0.25) is 0 Å². The molecule has 1 aromatic carbocycles. The molecule has 1 aliphatic heterocycles. The van der Waals surface area contributed by atoms with Gasteiger partial charge in [0.15, 0.2) is 6.17 Å². The Balaban J connectivity index is 2.07. The molecule has 0 saturated carbocycles. The van der Waals surface area contributed by atoms with Crippen LogP contribution in [0.4, 0.5) is 5.69 Å². The zero-order chi connectivity index (χ0) is 15.0. The number of hydrogen-bond acceptors (Lipinski definition) is 3. The number of nitrogens with zero attached hydrogens (tertiary/aromatic N) is 1. The number of rotatable bonds is 3. The predicted octanol–water partition coefficient (Wildman–Crippen LogP) is 3.95. The van der Waals surface area contributed by atoms with Gasteiger partial charge in [-0.1, -0.05) is 19.1 Å². The van der Waals surface area contributed by atoms with Gasteiger partial charge in [0.2, 0.25) is 0 Å². The van der Waals surface area contributed by atoms with Crippen molar-refractivity contribution in [1.29, 1.82) is 0 Å². The first-order chi connectivity index (χ1) is 10.1. The summed E-state index contributed by atoms with van der Waals surface area (Å²) in [6.07, 6.45) is 0.641. The van der Waals surface area contributed by atoms with E-state index in [-0.39, 0.29) is 18.1 Å². The van der Waals surface area contributed by atoms with Gasteiger partial charge in [0.1, 0.15) is 11.5 Å². The van der Waals surface area contributed by atoms with Gasteiger partial charge in [0.25, 0.3) is 5.91 Å². The highest BCUT2D eigenvalue weighted by atomic mass is 16.3. The molecule has 0 unspecified atom stereocenters. The number of amides is 1. The van der Waals surface area contributed by atoms with Crippen LogP contribution in [-0.2, 0) is 0 Å². The number of fused-ring (bicyclic) bond motifs is 1. The van der Waals surface area contributed by atoms with Crippen molar-refractivity contribution in [2.45, 2.75) is 39.4 Å². The molecule has 4 nitrogen and oxygen atoms in total. The highest BCUT2D eigenvalue weighted by Gasteiger charge is 2.36. The molecule has 21 heavy (non-hydrogen) atoms. The van der Waals surface area contributed by atoms with Gasteiger partial charge in [-0.05, 0) is 44.5 Å². The lowest BCUT2D eigenvalue weighted by molar-refractivity contribution is 0.0566. The average Bonchev–Trinajstić information content (AvgIpc) is 2.93. The Labute approximate surface area is 124 Å². The van der Waals surface area contributed by atoms with Crippen LogP contribution in [0.25, 0.3) is 0 Å². The smallest absolute Gasteiger partial charge is 0.258 e. The summed E-state index contributed by atoms with van der Waals surface area (Å²) in [5, 5.41) is 3.43. The molecule has 0 bridgehead atoms. The highest BCUT2D eigenvalue weighted by Crippen LogP contribution is 2.35. The van der Waals surface area contributed by atoms with Crippen LogP contribution in [-0.4, -0.2) is 16.8 Å². The SMILES string of the molecule is CC[C@@H](C)N1C(=O)c2ccccc2N[C@@H]1c1ccc(C)o1. The molecule has 1 aliphatic rings. The summed E-state index contributed by atoms with van der Waals surface area (Å²) in [5.41, 5.74) is 1.58. The fourth-order valence-electron chi connectivity index (χ4n) is 2.73. The lowest BCUT2D eigenvalue weighted by Gasteiger charge is -2.40. The van der Waals surface area contributed by atoms with Crippen molar-refractivity contribution in [3.63, 3.8) is 0 Å². The summed E-state index contributed by atoms with van der Waals surface area (Å²) in [5.74, 6) is 1.68. The topological polar surface area (TPSA) is 45.5 Å². The van der Waals surface area contributed by atoms with E-state index in [9.17, 15) is 4.79 Å². The van der Waals surface area contributed by atoms with E-state index in [1.54, 1.807) is 0 Å². The third-order valence-electron chi connectivity index (χ3n) is 4.06. The Morgan fingerprint density at radius 3 is 2.71 bits per heavy atom. The second-order valence-electron chi connectivity index (χ2n) is 5.51. The summed E-state index contributed by atoms with van der Waals surface area (Å²) >= 11 is 0. The number of aryl methyl sites for hydroxylation is 1. The minimum atomic E-state index is -0.254. The first-order valence-corrected chi connectivity index (χ1v) is 7.36. The van der Waals surface area contributed by atoms with E-state index in [0.717, 1.165) is 29.2 Å². The van der Waals surface area contributed by atoms with Crippen LogP contribution >= 0.6 is 0 Å². The minimum Gasteiger partial charge on any atom is -0.462 e. The maximum absolute atomic E-state index is 12.9. The van der Waals surface area contributed by atoms with Gasteiger partial charge in [0.05, 0.1) is 5.56 Å². The van der Waals surface area contributed by atoms with Crippen molar-refractivity contribution in [3.05, 3.63) is 53.5 Å². The highest BCUT2D eigenvalue weighted by molar-refractivity contribution is 6.01. The van der Waals surface area contributed by atoms with Crippen LogP contribution in [0.3, 0.4) is 0 Å². The Kier molecular flexibility index (Phi) is 3.45. The van der Waals surface area contributed by atoms with E-state index >= 15 is 0 Å². The number of nitrogens with one attached hydrogen (secondary N) is 1. The molecular formula is C17H20N2O2. The number of hydrogen-bond donors (Lipinski definition) is 1. The summed E-state index contributed by atoms with van der Waals surface area (Å²) in [6, 6.07) is 11.6. The molecule has 0 spiro atoms. The molecule has 2 heterocycles. The number of para-hydroxylation sites is 1. The molecule has 0 saturated heterocycles. The van der Waals surface area contributed by atoms with Crippen molar-refractivity contribution >= 4 is 11.6 Å². The van der Waals surface area contributed by atoms with Crippen molar-refractivity contribution in [1.82, 2.24) is 4.90 Å². The summed E-state index contributed by atoms with van der Waals surface area (Å²) in [4.78, 5) is 14.7. The Hall–Kier alpha value is -2.23. The fraction of sp³-hybridized carbons (Fsp3) is 0.353. The maximum Gasteiger partial charge on any atom is 0.258 e. The normalized spacial score (nSPS) is 19.1. The van der Waals surface area contributed by atoms with Crippen LogP contribution in [0.15, 0.2) is 40.8 Å².